The third kappa shape index (κ3) is 5.47. The Morgan fingerprint density at radius 1 is 1.08 bits per heavy atom. The van der Waals surface area contributed by atoms with Gasteiger partial charge in [-0.1, -0.05) is 26.0 Å². The zero-order chi connectivity index (χ0) is 18.9. The number of carbonyl (C=O) groups is 1. The molecular formula is C19H22N2O5. The van der Waals surface area contributed by atoms with Crippen LogP contribution in [0, 0.1) is 10.1 Å². The van der Waals surface area contributed by atoms with Crippen LogP contribution in [-0.4, -0.2) is 24.0 Å². The summed E-state index contributed by atoms with van der Waals surface area (Å²) < 4.78 is 10.8. The Balaban J connectivity index is 1.99. The molecule has 2 aromatic carbocycles. The number of rotatable bonds is 9. The molecule has 7 nitrogen and oxygen atoms in total. The van der Waals surface area contributed by atoms with Gasteiger partial charge in [-0.15, -0.1) is 0 Å². The summed E-state index contributed by atoms with van der Waals surface area (Å²) in [5.74, 6) is 0.480. The summed E-state index contributed by atoms with van der Waals surface area (Å²) in [6.45, 7) is 4.22. The number of amides is 1. The zero-order valence-corrected chi connectivity index (χ0v) is 14.9. The van der Waals surface area contributed by atoms with Gasteiger partial charge in [-0.25, -0.2) is 0 Å². The fraction of sp³-hybridized carbons (Fsp3) is 0.316. The second-order valence-electron chi connectivity index (χ2n) is 5.62. The molecule has 0 unspecified atom stereocenters. The Kier molecular flexibility index (Phi) is 6.96. The fourth-order valence-corrected chi connectivity index (χ4v) is 2.23. The van der Waals surface area contributed by atoms with Gasteiger partial charge in [0.1, 0.15) is 17.2 Å². The molecule has 0 aliphatic carbocycles. The predicted octanol–water partition coefficient (Wildman–Crippen LogP) is 3.96. The smallest absolute Gasteiger partial charge is 0.296 e. The monoisotopic (exact) mass is 358 g/mol. The van der Waals surface area contributed by atoms with E-state index in [0.717, 1.165) is 12.8 Å². The Hall–Kier alpha value is -3.09. The molecule has 0 bridgehead atoms. The van der Waals surface area contributed by atoms with E-state index in [0.29, 0.717) is 18.1 Å². The van der Waals surface area contributed by atoms with Gasteiger partial charge in [0.05, 0.1) is 17.6 Å². The first-order valence-electron chi connectivity index (χ1n) is 8.46. The minimum atomic E-state index is -0.557. The minimum absolute atomic E-state index is 0.105. The number of ether oxygens (including phenoxy) is 2. The predicted molar refractivity (Wildman–Crippen MR) is 98.8 cm³/mol. The summed E-state index contributed by atoms with van der Waals surface area (Å²) >= 11 is 0. The summed E-state index contributed by atoms with van der Waals surface area (Å²) in [6.07, 6.45) is 1.71. The van der Waals surface area contributed by atoms with Gasteiger partial charge in [-0.3, -0.25) is 14.9 Å². The van der Waals surface area contributed by atoms with E-state index in [-0.39, 0.29) is 18.0 Å². The summed E-state index contributed by atoms with van der Waals surface area (Å²) in [4.78, 5) is 22.7. The Morgan fingerprint density at radius 3 is 2.38 bits per heavy atom. The van der Waals surface area contributed by atoms with Crippen LogP contribution in [0.15, 0.2) is 42.5 Å². The van der Waals surface area contributed by atoms with Gasteiger partial charge < -0.3 is 14.8 Å². The second kappa shape index (κ2) is 9.41. The minimum Gasteiger partial charge on any atom is -0.493 e. The van der Waals surface area contributed by atoms with Gasteiger partial charge in [-0.05, 0) is 42.7 Å². The van der Waals surface area contributed by atoms with Gasteiger partial charge in [0.2, 0.25) is 0 Å². The van der Waals surface area contributed by atoms with Crippen LogP contribution in [-0.2, 0) is 11.2 Å². The van der Waals surface area contributed by atoms with Crippen LogP contribution in [0.2, 0.25) is 0 Å². The maximum absolute atomic E-state index is 12.1. The van der Waals surface area contributed by atoms with Gasteiger partial charge in [-0.2, -0.15) is 0 Å². The molecule has 2 rings (SSSR count). The molecule has 0 saturated carbocycles. The maximum atomic E-state index is 12.1. The molecule has 0 spiro atoms. The van der Waals surface area contributed by atoms with Crippen molar-refractivity contribution in [2.24, 2.45) is 0 Å². The van der Waals surface area contributed by atoms with Crippen LogP contribution >= 0.6 is 0 Å². The van der Waals surface area contributed by atoms with Crippen molar-refractivity contribution in [1.82, 2.24) is 0 Å². The van der Waals surface area contributed by atoms with Gasteiger partial charge in [0, 0.05) is 0 Å². The summed E-state index contributed by atoms with van der Waals surface area (Å²) in [5.41, 5.74) is 1.05. The molecule has 0 aromatic heterocycles. The van der Waals surface area contributed by atoms with Gasteiger partial charge in [0.25, 0.3) is 11.6 Å². The summed E-state index contributed by atoms with van der Waals surface area (Å²) in [5, 5.41) is 13.7. The lowest BCUT2D eigenvalue weighted by Gasteiger charge is -2.10. The zero-order valence-electron chi connectivity index (χ0n) is 14.9. The van der Waals surface area contributed by atoms with E-state index >= 15 is 0 Å². The summed E-state index contributed by atoms with van der Waals surface area (Å²) in [6, 6.07) is 11.8. The Morgan fingerprint density at radius 2 is 1.77 bits per heavy atom. The van der Waals surface area contributed by atoms with Crippen LogP contribution in [0.3, 0.4) is 0 Å². The average molecular weight is 358 g/mol. The molecule has 7 heteroatoms. The Labute approximate surface area is 152 Å². The van der Waals surface area contributed by atoms with Crippen LogP contribution < -0.4 is 14.8 Å². The number of benzene rings is 2. The molecule has 26 heavy (non-hydrogen) atoms. The fourth-order valence-electron chi connectivity index (χ4n) is 2.23. The first-order valence-corrected chi connectivity index (χ1v) is 8.46. The van der Waals surface area contributed by atoms with Crippen LogP contribution in [0.25, 0.3) is 0 Å². The standard InChI is InChI=1S/C19H22N2O5/c1-3-11-25-16-9-10-17(18(12-16)21(23)24)20-19(22)13-26-15-7-5-14(4-2)6-8-15/h5-10,12H,3-4,11,13H2,1-2H3,(H,20,22). The van der Waals surface area contributed by atoms with E-state index in [2.05, 4.69) is 12.2 Å². The highest BCUT2D eigenvalue weighted by atomic mass is 16.6. The molecule has 0 saturated heterocycles. The van der Waals surface area contributed by atoms with Gasteiger partial charge >= 0.3 is 0 Å². The van der Waals surface area contributed by atoms with Crippen molar-refractivity contribution in [1.29, 1.82) is 0 Å². The molecule has 1 amide bonds. The third-order valence-corrected chi connectivity index (χ3v) is 3.61. The SMILES string of the molecule is CCCOc1ccc(NC(=O)COc2ccc(CC)cc2)c([N+](=O)[O-])c1. The normalized spacial score (nSPS) is 10.2. The van der Waals surface area contributed by atoms with E-state index in [1.165, 1.54) is 17.7 Å². The number of nitro groups is 1. The summed E-state index contributed by atoms with van der Waals surface area (Å²) in [7, 11) is 0. The highest BCUT2D eigenvalue weighted by Crippen LogP contribution is 2.29. The number of hydrogen-bond donors (Lipinski definition) is 1. The molecule has 0 radical (unpaired) electrons. The average Bonchev–Trinajstić information content (AvgIpc) is 2.65. The van der Waals surface area contributed by atoms with Crippen molar-refractivity contribution in [2.45, 2.75) is 26.7 Å². The number of nitro benzene ring substituents is 1. The lowest BCUT2D eigenvalue weighted by Crippen LogP contribution is -2.20. The molecule has 0 aliphatic heterocycles. The Bertz CT molecular complexity index is 759. The van der Waals surface area contributed by atoms with E-state index < -0.39 is 10.8 Å². The van der Waals surface area contributed by atoms with Crippen molar-refractivity contribution in [3.8, 4) is 11.5 Å². The second-order valence-corrected chi connectivity index (χ2v) is 5.62. The van der Waals surface area contributed by atoms with E-state index in [4.69, 9.17) is 9.47 Å². The van der Waals surface area contributed by atoms with Crippen molar-refractivity contribution in [3.63, 3.8) is 0 Å². The van der Waals surface area contributed by atoms with E-state index in [9.17, 15) is 14.9 Å². The van der Waals surface area contributed by atoms with E-state index in [1.54, 1.807) is 18.2 Å². The van der Waals surface area contributed by atoms with Crippen molar-refractivity contribution in [3.05, 3.63) is 58.1 Å². The third-order valence-electron chi connectivity index (χ3n) is 3.61. The molecule has 2 aromatic rings. The van der Waals surface area contributed by atoms with Crippen molar-refractivity contribution in [2.75, 3.05) is 18.5 Å². The van der Waals surface area contributed by atoms with E-state index in [1.807, 2.05) is 19.1 Å². The molecule has 0 aliphatic rings. The number of aryl methyl sites for hydroxylation is 1. The maximum Gasteiger partial charge on any atom is 0.296 e. The highest BCUT2D eigenvalue weighted by Gasteiger charge is 2.17. The first kappa shape index (κ1) is 19.2. The first-order chi connectivity index (χ1) is 12.5. The number of carbonyl (C=O) groups excluding carboxylic acids is 1. The molecule has 0 fully saturated rings. The molecule has 138 valence electrons. The van der Waals surface area contributed by atoms with Crippen molar-refractivity contribution >= 4 is 17.3 Å². The quantitative estimate of drug-likeness (QED) is 0.541. The van der Waals surface area contributed by atoms with Crippen molar-refractivity contribution < 1.29 is 19.2 Å². The lowest BCUT2D eigenvalue weighted by molar-refractivity contribution is -0.384. The highest BCUT2D eigenvalue weighted by molar-refractivity contribution is 5.94. The number of anilines is 1. The number of hydrogen-bond acceptors (Lipinski definition) is 5. The van der Waals surface area contributed by atoms with Gasteiger partial charge in [0.15, 0.2) is 6.61 Å². The molecular weight excluding hydrogens is 336 g/mol. The largest absolute Gasteiger partial charge is 0.493 e. The molecule has 0 heterocycles. The number of nitrogens with zero attached hydrogens (tertiary/aromatic N) is 1. The molecule has 0 atom stereocenters. The number of nitrogens with one attached hydrogen (secondary N) is 1. The van der Waals surface area contributed by atoms with Crippen LogP contribution in [0.4, 0.5) is 11.4 Å². The van der Waals surface area contributed by atoms with Crippen LogP contribution in [0.1, 0.15) is 25.8 Å². The lowest BCUT2D eigenvalue weighted by atomic mass is 10.2. The molecule has 1 N–H and O–H groups in total. The van der Waals surface area contributed by atoms with Crippen LogP contribution in [0.5, 0.6) is 11.5 Å². The topological polar surface area (TPSA) is 90.7 Å².